The average Bonchev–Trinajstić information content (AvgIpc) is 3.09. The second-order valence-electron chi connectivity index (χ2n) is 5.91. The van der Waals surface area contributed by atoms with Crippen LogP contribution in [0.25, 0.3) is 0 Å². The second-order valence-corrected chi connectivity index (χ2v) is 5.91. The monoisotopic (exact) mass is 334 g/mol. The van der Waals surface area contributed by atoms with Crippen molar-refractivity contribution < 1.29 is 9.47 Å². The van der Waals surface area contributed by atoms with Gasteiger partial charge in [0.2, 0.25) is 0 Å². The fourth-order valence-corrected chi connectivity index (χ4v) is 3.15. The fraction of sp³-hybridized carbons (Fsp3) is 0.611. The number of methoxy groups -OCH3 is 2. The van der Waals surface area contributed by atoms with Gasteiger partial charge in [0.25, 0.3) is 0 Å². The molecule has 0 amide bonds. The number of likely N-dealkylation sites (N-methyl/N-ethyl adjacent to an activating group) is 1. The molecule has 1 aliphatic rings. The number of nitrogens with one attached hydrogen (secondary N) is 2. The maximum Gasteiger partial charge on any atom is 0.191 e. The van der Waals surface area contributed by atoms with Gasteiger partial charge < -0.3 is 20.1 Å². The van der Waals surface area contributed by atoms with Gasteiger partial charge in [-0.1, -0.05) is 6.92 Å². The van der Waals surface area contributed by atoms with Gasteiger partial charge in [-0.25, -0.2) is 0 Å². The van der Waals surface area contributed by atoms with Gasteiger partial charge in [-0.3, -0.25) is 9.89 Å². The fourth-order valence-electron chi connectivity index (χ4n) is 3.15. The van der Waals surface area contributed by atoms with Gasteiger partial charge in [-0.05, 0) is 38.1 Å². The van der Waals surface area contributed by atoms with E-state index in [1.807, 2.05) is 18.2 Å². The van der Waals surface area contributed by atoms with Crippen molar-refractivity contribution >= 4 is 5.96 Å². The Bertz CT molecular complexity index is 548. The molecule has 24 heavy (non-hydrogen) atoms. The number of aliphatic imine (C=N–C) groups is 1. The molecule has 1 heterocycles. The molecule has 1 fully saturated rings. The summed E-state index contributed by atoms with van der Waals surface area (Å²) in [6.45, 7) is 6.11. The van der Waals surface area contributed by atoms with E-state index in [-0.39, 0.29) is 0 Å². The van der Waals surface area contributed by atoms with Crippen LogP contribution in [0.4, 0.5) is 0 Å². The summed E-state index contributed by atoms with van der Waals surface area (Å²) in [5, 5.41) is 6.79. The molecular weight excluding hydrogens is 304 g/mol. The zero-order valence-electron chi connectivity index (χ0n) is 15.3. The first-order valence-electron chi connectivity index (χ1n) is 8.61. The molecule has 1 aromatic rings. The minimum absolute atomic E-state index is 0.601. The Balaban J connectivity index is 1.87. The van der Waals surface area contributed by atoms with E-state index in [1.54, 1.807) is 21.3 Å². The molecule has 0 spiro atoms. The summed E-state index contributed by atoms with van der Waals surface area (Å²) in [7, 11) is 5.12. The SMILES string of the molecule is CCN1CCCC1CNC(=NC)NCc1ccc(OC)cc1OC. The predicted molar refractivity (Wildman–Crippen MR) is 98.0 cm³/mol. The van der Waals surface area contributed by atoms with Crippen LogP contribution < -0.4 is 20.1 Å². The summed E-state index contributed by atoms with van der Waals surface area (Å²) in [6, 6.07) is 6.44. The van der Waals surface area contributed by atoms with E-state index in [0.717, 1.165) is 36.1 Å². The highest BCUT2D eigenvalue weighted by molar-refractivity contribution is 5.79. The number of rotatable bonds is 7. The molecular formula is C18H30N4O2. The van der Waals surface area contributed by atoms with Crippen molar-refractivity contribution in [3.8, 4) is 11.5 Å². The summed E-state index contributed by atoms with van der Waals surface area (Å²) in [5.41, 5.74) is 1.07. The standard InChI is InChI=1S/C18H30N4O2/c1-5-22-10-6-7-15(22)13-21-18(19-2)20-12-14-8-9-16(23-3)11-17(14)24-4/h8-9,11,15H,5-7,10,12-13H2,1-4H3,(H2,19,20,21). The van der Waals surface area contributed by atoms with E-state index in [9.17, 15) is 0 Å². The van der Waals surface area contributed by atoms with Gasteiger partial charge in [0.1, 0.15) is 11.5 Å². The predicted octanol–water partition coefficient (Wildman–Crippen LogP) is 1.85. The lowest BCUT2D eigenvalue weighted by atomic mass is 10.2. The Kier molecular flexibility index (Phi) is 7.18. The number of hydrogen-bond donors (Lipinski definition) is 2. The molecule has 0 aliphatic carbocycles. The van der Waals surface area contributed by atoms with Crippen molar-refractivity contribution in [3.63, 3.8) is 0 Å². The Morgan fingerprint density at radius 3 is 2.79 bits per heavy atom. The van der Waals surface area contributed by atoms with E-state index < -0.39 is 0 Å². The highest BCUT2D eigenvalue weighted by Gasteiger charge is 2.22. The molecule has 0 radical (unpaired) electrons. The zero-order chi connectivity index (χ0) is 17.4. The molecule has 6 nitrogen and oxygen atoms in total. The van der Waals surface area contributed by atoms with Crippen LogP contribution in [0.2, 0.25) is 0 Å². The molecule has 134 valence electrons. The highest BCUT2D eigenvalue weighted by atomic mass is 16.5. The van der Waals surface area contributed by atoms with Crippen molar-refractivity contribution in [3.05, 3.63) is 23.8 Å². The summed E-state index contributed by atoms with van der Waals surface area (Å²) >= 11 is 0. The summed E-state index contributed by atoms with van der Waals surface area (Å²) < 4.78 is 10.7. The van der Waals surface area contributed by atoms with Crippen LogP contribution in [0.15, 0.2) is 23.2 Å². The van der Waals surface area contributed by atoms with Crippen molar-refractivity contribution in [2.24, 2.45) is 4.99 Å². The first-order valence-corrected chi connectivity index (χ1v) is 8.61. The number of guanidine groups is 1. The molecule has 0 bridgehead atoms. The van der Waals surface area contributed by atoms with Gasteiger partial charge >= 0.3 is 0 Å². The average molecular weight is 334 g/mol. The Hall–Kier alpha value is -1.95. The van der Waals surface area contributed by atoms with E-state index in [2.05, 4.69) is 27.4 Å². The smallest absolute Gasteiger partial charge is 0.191 e. The lowest BCUT2D eigenvalue weighted by Crippen LogP contribution is -2.44. The minimum Gasteiger partial charge on any atom is -0.497 e. The van der Waals surface area contributed by atoms with E-state index in [1.165, 1.54) is 19.4 Å². The van der Waals surface area contributed by atoms with Crippen molar-refractivity contribution in [2.45, 2.75) is 32.4 Å². The molecule has 0 aromatic heterocycles. The number of benzene rings is 1. The van der Waals surface area contributed by atoms with Crippen molar-refractivity contribution in [1.29, 1.82) is 0 Å². The maximum absolute atomic E-state index is 5.44. The van der Waals surface area contributed by atoms with Crippen LogP contribution in [0, 0.1) is 0 Å². The van der Waals surface area contributed by atoms with Crippen LogP contribution in [-0.4, -0.2) is 57.8 Å². The lowest BCUT2D eigenvalue weighted by Gasteiger charge is -2.24. The lowest BCUT2D eigenvalue weighted by molar-refractivity contribution is 0.267. The summed E-state index contributed by atoms with van der Waals surface area (Å²) in [4.78, 5) is 6.84. The number of hydrogen-bond acceptors (Lipinski definition) is 4. The Morgan fingerprint density at radius 2 is 2.12 bits per heavy atom. The van der Waals surface area contributed by atoms with E-state index in [4.69, 9.17) is 9.47 Å². The molecule has 0 saturated carbocycles. The van der Waals surface area contributed by atoms with Gasteiger partial charge in [0, 0.05) is 37.8 Å². The first-order chi connectivity index (χ1) is 11.7. The first kappa shape index (κ1) is 18.4. The molecule has 1 atom stereocenters. The van der Waals surface area contributed by atoms with Crippen LogP contribution in [-0.2, 0) is 6.54 Å². The molecule has 1 unspecified atom stereocenters. The zero-order valence-corrected chi connectivity index (χ0v) is 15.3. The summed E-state index contributed by atoms with van der Waals surface area (Å²) in [5.74, 6) is 2.42. The van der Waals surface area contributed by atoms with Gasteiger partial charge in [-0.15, -0.1) is 0 Å². The van der Waals surface area contributed by atoms with Crippen LogP contribution in [0.1, 0.15) is 25.3 Å². The van der Waals surface area contributed by atoms with E-state index in [0.29, 0.717) is 12.6 Å². The molecule has 6 heteroatoms. The van der Waals surface area contributed by atoms with E-state index >= 15 is 0 Å². The topological polar surface area (TPSA) is 58.1 Å². The second kappa shape index (κ2) is 9.37. The minimum atomic E-state index is 0.601. The molecule has 1 aliphatic heterocycles. The third-order valence-electron chi connectivity index (χ3n) is 4.57. The number of nitrogens with zero attached hydrogens (tertiary/aromatic N) is 2. The Morgan fingerprint density at radius 1 is 1.29 bits per heavy atom. The third kappa shape index (κ3) is 4.77. The van der Waals surface area contributed by atoms with Crippen molar-refractivity contribution in [1.82, 2.24) is 15.5 Å². The quantitative estimate of drug-likeness (QED) is 0.589. The molecule has 1 saturated heterocycles. The van der Waals surface area contributed by atoms with Crippen LogP contribution in [0.3, 0.4) is 0 Å². The largest absolute Gasteiger partial charge is 0.497 e. The number of ether oxygens (including phenoxy) is 2. The van der Waals surface area contributed by atoms with Gasteiger partial charge in [0.05, 0.1) is 14.2 Å². The highest BCUT2D eigenvalue weighted by Crippen LogP contribution is 2.24. The third-order valence-corrected chi connectivity index (χ3v) is 4.57. The molecule has 1 aromatic carbocycles. The van der Waals surface area contributed by atoms with Gasteiger partial charge in [0.15, 0.2) is 5.96 Å². The van der Waals surface area contributed by atoms with Crippen LogP contribution >= 0.6 is 0 Å². The van der Waals surface area contributed by atoms with Crippen molar-refractivity contribution in [2.75, 3.05) is 40.9 Å². The normalized spacial score (nSPS) is 18.5. The number of likely N-dealkylation sites (tertiary alicyclic amines) is 1. The molecule has 2 N–H and O–H groups in total. The molecule has 2 rings (SSSR count). The Labute approximate surface area is 145 Å². The summed E-state index contributed by atoms with van der Waals surface area (Å²) in [6.07, 6.45) is 2.54. The van der Waals surface area contributed by atoms with Crippen LogP contribution in [0.5, 0.6) is 11.5 Å². The maximum atomic E-state index is 5.44. The van der Waals surface area contributed by atoms with Gasteiger partial charge in [-0.2, -0.15) is 0 Å².